The van der Waals surface area contributed by atoms with E-state index in [9.17, 15) is 9.59 Å². The Hall–Kier alpha value is -2.36. The van der Waals surface area contributed by atoms with Crippen molar-refractivity contribution >= 4 is 11.8 Å². The van der Waals surface area contributed by atoms with Crippen LogP contribution in [-0.4, -0.2) is 25.0 Å². The summed E-state index contributed by atoms with van der Waals surface area (Å²) in [5, 5.41) is 0. The number of rotatable bonds is 8. The molecule has 21 heavy (non-hydrogen) atoms. The van der Waals surface area contributed by atoms with E-state index in [-0.39, 0.29) is 12.4 Å². The molecule has 0 bridgehead atoms. The van der Waals surface area contributed by atoms with Crippen LogP contribution in [0.3, 0.4) is 0 Å². The van der Waals surface area contributed by atoms with Gasteiger partial charge in [-0.1, -0.05) is 42.5 Å². The summed E-state index contributed by atoms with van der Waals surface area (Å²) < 4.78 is 9.81. The summed E-state index contributed by atoms with van der Waals surface area (Å²) in [5.74, 6) is -0.336. The highest BCUT2D eigenvalue weighted by atomic mass is 16.6. The number of carbonyl (C=O) groups excluding carboxylic acids is 2. The number of hydrogen-bond acceptors (Lipinski definition) is 4. The van der Waals surface area contributed by atoms with E-state index in [0.717, 1.165) is 5.57 Å². The maximum Gasteiger partial charge on any atom is 0.344 e. The number of Topliss-reactive ketones (excluding diaryl/α,β-unsaturated/α-hetero) is 1. The Bertz CT molecular complexity index is 515. The van der Waals surface area contributed by atoms with Crippen molar-refractivity contribution in [3.05, 3.63) is 59.9 Å². The average molecular weight is 288 g/mol. The zero-order valence-corrected chi connectivity index (χ0v) is 12.4. The third-order valence-corrected chi connectivity index (χ3v) is 2.56. The number of esters is 1. The van der Waals surface area contributed by atoms with Crippen molar-refractivity contribution in [2.24, 2.45) is 0 Å². The highest BCUT2D eigenvalue weighted by Gasteiger charge is 2.01. The van der Waals surface area contributed by atoms with Crippen LogP contribution in [0.25, 0.3) is 0 Å². The van der Waals surface area contributed by atoms with E-state index in [1.54, 1.807) is 31.2 Å². The zero-order chi connectivity index (χ0) is 15.5. The average Bonchev–Trinajstić information content (AvgIpc) is 2.48. The summed E-state index contributed by atoms with van der Waals surface area (Å²) in [6.45, 7) is 3.80. The smallest absolute Gasteiger partial charge is 0.344 e. The molecule has 0 amide bonds. The SMILES string of the molecule is CCOC(=O)CO/C=C(C)/C=C/CC(=O)c1ccccc1. The number of hydrogen-bond donors (Lipinski definition) is 0. The summed E-state index contributed by atoms with van der Waals surface area (Å²) in [6.07, 6.45) is 5.36. The van der Waals surface area contributed by atoms with Crippen LogP contribution in [0.1, 0.15) is 30.6 Å². The van der Waals surface area contributed by atoms with Crippen LogP contribution in [0.5, 0.6) is 0 Å². The van der Waals surface area contributed by atoms with Gasteiger partial charge in [0.2, 0.25) is 0 Å². The van der Waals surface area contributed by atoms with Crippen molar-refractivity contribution in [2.75, 3.05) is 13.2 Å². The van der Waals surface area contributed by atoms with E-state index in [1.165, 1.54) is 6.26 Å². The number of benzene rings is 1. The fraction of sp³-hybridized carbons (Fsp3) is 0.294. The number of carbonyl (C=O) groups is 2. The minimum Gasteiger partial charge on any atom is -0.489 e. The molecule has 1 aromatic rings. The van der Waals surface area contributed by atoms with Crippen molar-refractivity contribution in [2.45, 2.75) is 20.3 Å². The maximum atomic E-state index is 11.8. The molecule has 0 spiro atoms. The van der Waals surface area contributed by atoms with E-state index < -0.39 is 5.97 Å². The van der Waals surface area contributed by atoms with Gasteiger partial charge in [-0.05, 0) is 19.4 Å². The van der Waals surface area contributed by atoms with Crippen LogP contribution in [0.15, 0.2) is 54.3 Å². The second kappa shape index (κ2) is 9.53. The molecule has 0 aliphatic carbocycles. The quantitative estimate of drug-likeness (QED) is 0.319. The Morgan fingerprint density at radius 3 is 2.57 bits per heavy atom. The molecular formula is C17H20O4. The lowest BCUT2D eigenvalue weighted by atomic mass is 10.1. The highest BCUT2D eigenvalue weighted by molar-refractivity contribution is 5.96. The summed E-state index contributed by atoms with van der Waals surface area (Å²) in [6, 6.07) is 9.14. The van der Waals surface area contributed by atoms with Gasteiger partial charge in [0.15, 0.2) is 12.4 Å². The van der Waals surface area contributed by atoms with Crippen molar-refractivity contribution in [3.8, 4) is 0 Å². The molecule has 1 rings (SSSR count). The van der Waals surface area contributed by atoms with Crippen LogP contribution in [-0.2, 0) is 14.3 Å². The molecule has 0 aromatic heterocycles. The molecule has 0 saturated carbocycles. The number of ether oxygens (including phenoxy) is 2. The fourth-order valence-corrected chi connectivity index (χ4v) is 1.58. The molecule has 0 saturated heterocycles. The summed E-state index contributed by atoms with van der Waals surface area (Å²) in [5.41, 5.74) is 1.52. The predicted molar refractivity (Wildman–Crippen MR) is 80.9 cm³/mol. The van der Waals surface area contributed by atoms with Gasteiger partial charge >= 0.3 is 5.97 Å². The van der Waals surface area contributed by atoms with Crippen LogP contribution >= 0.6 is 0 Å². The number of ketones is 1. The van der Waals surface area contributed by atoms with E-state index in [2.05, 4.69) is 0 Å². The van der Waals surface area contributed by atoms with E-state index >= 15 is 0 Å². The van der Waals surface area contributed by atoms with Gasteiger partial charge in [-0.3, -0.25) is 4.79 Å². The Labute approximate surface area is 125 Å². The van der Waals surface area contributed by atoms with Gasteiger partial charge in [0.1, 0.15) is 0 Å². The summed E-state index contributed by atoms with van der Waals surface area (Å²) in [4.78, 5) is 22.9. The Kier molecular flexibility index (Phi) is 7.58. The van der Waals surface area contributed by atoms with E-state index in [1.807, 2.05) is 25.1 Å². The molecule has 0 unspecified atom stereocenters. The summed E-state index contributed by atoms with van der Waals surface area (Å²) in [7, 11) is 0. The van der Waals surface area contributed by atoms with Crippen molar-refractivity contribution < 1.29 is 19.1 Å². The molecule has 0 atom stereocenters. The maximum absolute atomic E-state index is 11.8. The molecule has 4 heteroatoms. The van der Waals surface area contributed by atoms with Gasteiger partial charge in [0.25, 0.3) is 0 Å². The topological polar surface area (TPSA) is 52.6 Å². The minimum absolute atomic E-state index is 0.0621. The first-order chi connectivity index (χ1) is 10.1. The van der Waals surface area contributed by atoms with Gasteiger partial charge in [-0.15, -0.1) is 0 Å². The first-order valence-corrected chi connectivity index (χ1v) is 6.82. The largest absolute Gasteiger partial charge is 0.489 e. The van der Waals surface area contributed by atoms with Gasteiger partial charge < -0.3 is 9.47 Å². The van der Waals surface area contributed by atoms with Crippen molar-refractivity contribution in [1.29, 1.82) is 0 Å². The molecule has 112 valence electrons. The molecule has 0 heterocycles. The monoisotopic (exact) mass is 288 g/mol. The molecule has 1 aromatic carbocycles. The summed E-state index contributed by atoms with van der Waals surface area (Å²) >= 11 is 0. The van der Waals surface area contributed by atoms with Crippen LogP contribution in [0.4, 0.5) is 0 Å². The highest BCUT2D eigenvalue weighted by Crippen LogP contribution is 2.05. The molecule has 4 nitrogen and oxygen atoms in total. The molecule has 0 aliphatic heterocycles. The zero-order valence-electron chi connectivity index (χ0n) is 12.4. The lowest BCUT2D eigenvalue weighted by molar-refractivity contribution is -0.146. The third-order valence-electron chi connectivity index (χ3n) is 2.56. The second-order valence-electron chi connectivity index (χ2n) is 4.37. The lowest BCUT2D eigenvalue weighted by Gasteiger charge is -2.01. The van der Waals surface area contributed by atoms with E-state index in [0.29, 0.717) is 18.6 Å². The van der Waals surface area contributed by atoms with Crippen LogP contribution < -0.4 is 0 Å². The first-order valence-electron chi connectivity index (χ1n) is 6.82. The molecule has 0 aliphatic rings. The second-order valence-corrected chi connectivity index (χ2v) is 4.37. The Morgan fingerprint density at radius 2 is 1.90 bits per heavy atom. The first kappa shape index (κ1) is 16.7. The van der Waals surface area contributed by atoms with Gasteiger partial charge in [-0.25, -0.2) is 4.79 Å². The molecule has 0 fully saturated rings. The van der Waals surface area contributed by atoms with E-state index in [4.69, 9.17) is 9.47 Å². The van der Waals surface area contributed by atoms with Crippen molar-refractivity contribution in [1.82, 2.24) is 0 Å². The fourth-order valence-electron chi connectivity index (χ4n) is 1.58. The number of allylic oxidation sites excluding steroid dienone is 3. The van der Waals surface area contributed by atoms with Crippen molar-refractivity contribution in [3.63, 3.8) is 0 Å². The van der Waals surface area contributed by atoms with Crippen LogP contribution in [0.2, 0.25) is 0 Å². The van der Waals surface area contributed by atoms with Gasteiger partial charge in [0, 0.05) is 12.0 Å². The lowest BCUT2D eigenvalue weighted by Crippen LogP contribution is -2.10. The normalized spacial score (nSPS) is 11.4. The van der Waals surface area contributed by atoms with Crippen LogP contribution in [0, 0.1) is 0 Å². The molecule has 0 radical (unpaired) electrons. The minimum atomic E-state index is -0.398. The standard InChI is InChI=1S/C17H20O4/c1-3-21-17(19)13-20-12-14(2)8-7-11-16(18)15-9-5-4-6-10-15/h4-10,12H,3,11,13H2,1-2H3/b8-7+,14-12+. The predicted octanol–water partition coefficient (Wildman–Crippen LogP) is 3.30. The molecule has 0 N–H and O–H groups in total. The van der Waals surface area contributed by atoms with Gasteiger partial charge in [-0.2, -0.15) is 0 Å². The Balaban J connectivity index is 2.35. The molecular weight excluding hydrogens is 268 g/mol. The van der Waals surface area contributed by atoms with Gasteiger partial charge in [0.05, 0.1) is 12.9 Å². The Morgan fingerprint density at radius 1 is 1.19 bits per heavy atom. The third kappa shape index (κ3) is 7.11.